The van der Waals surface area contributed by atoms with Gasteiger partial charge < -0.3 is 5.32 Å². The van der Waals surface area contributed by atoms with E-state index in [1.165, 1.54) is 0 Å². The summed E-state index contributed by atoms with van der Waals surface area (Å²) in [6.07, 6.45) is 1.73. The lowest BCUT2D eigenvalue weighted by atomic mass is 10.1. The lowest BCUT2D eigenvalue weighted by molar-refractivity contribution is -0.118. The zero-order valence-corrected chi connectivity index (χ0v) is 13.8. The van der Waals surface area contributed by atoms with Crippen LogP contribution in [0.25, 0.3) is 0 Å². The maximum Gasteiger partial charge on any atom is 0.228 e. The summed E-state index contributed by atoms with van der Waals surface area (Å²) in [6, 6.07) is 5.47. The van der Waals surface area contributed by atoms with E-state index in [0.717, 1.165) is 5.56 Å². The number of anilines is 1. The van der Waals surface area contributed by atoms with Crippen molar-refractivity contribution >= 4 is 46.4 Å². The highest BCUT2D eigenvalue weighted by molar-refractivity contribution is 6.55. The lowest BCUT2D eigenvalue weighted by Crippen LogP contribution is -2.16. The third kappa shape index (κ3) is 3.13. The average Bonchev–Trinajstić information content (AvgIpc) is 2.84. The molecule has 20 heavy (non-hydrogen) atoms. The minimum absolute atomic E-state index is 0.0363. The second-order valence-corrected chi connectivity index (χ2v) is 7.15. The van der Waals surface area contributed by atoms with Crippen LogP contribution in [0.15, 0.2) is 28.8 Å². The summed E-state index contributed by atoms with van der Waals surface area (Å²) >= 11 is 17.4. The molecule has 2 atom stereocenters. The summed E-state index contributed by atoms with van der Waals surface area (Å²) in [7, 11) is 0. The van der Waals surface area contributed by atoms with Crippen molar-refractivity contribution in [2.45, 2.75) is 20.8 Å². The van der Waals surface area contributed by atoms with Crippen molar-refractivity contribution in [1.29, 1.82) is 0 Å². The van der Waals surface area contributed by atoms with E-state index in [9.17, 15) is 4.79 Å². The molecule has 0 radical (unpaired) electrons. The molecule has 1 N–H and O–H groups in total. The zero-order chi connectivity index (χ0) is 15.1. The topological polar surface area (TPSA) is 29.1 Å². The molecular formula is C15H16Cl3NO. The van der Waals surface area contributed by atoms with Crippen LogP contribution in [0.3, 0.4) is 0 Å². The Kier molecular flexibility index (Phi) is 4.38. The molecule has 1 aromatic carbocycles. The number of rotatable bonds is 3. The Hall–Kier alpha value is -0.700. The first kappa shape index (κ1) is 15.7. The SMILES string of the molecule is Cc1ccc(NC(=O)[C@@H]2[C@H](C=C(Cl)Cl)C2(C)C)cc1Cl. The highest BCUT2D eigenvalue weighted by Crippen LogP contribution is 2.60. The average molecular weight is 333 g/mol. The van der Waals surface area contributed by atoms with Gasteiger partial charge in [-0.3, -0.25) is 4.79 Å². The number of hydrogen-bond acceptors (Lipinski definition) is 1. The summed E-state index contributed by atoms with van der Waals surface area (Å²) in [6.45, 7) is 5.97. The molecule has 1 aliphatic rings. The van der Waals surface area contributed by atoms with Gasteiger partial charge in [0.05, 0.1) is 5.92 Å². The van der Waals surface area contributed by atoms with Crippen LogP contribution in [-0.2, 0) is 4.79 Å². The number of hydrogen-bond donors (Lipinski definition) is 1. The molecule has 0 aliphatic heterocycles. The molecule has 108 valence electrons. The number of carbonyl (C=O) groups excluding carboxylic acids is 1. The highest BCUT2D eigenvalue weighted by Gasteiger charge is 2.60. The molecule has 1 saturated carbocycles. The molecule has 1 aliphatic carbocycles. The summed E-state index contributed by atoms with van der Waals surface area (Å²) in [5.41, 5.74) is 1.55. The number of aryl methyl sites for hydroxylation is 1. The maximum atomic E-state index is 12.3. The first-order valence-corrected chi connectivity index (χ1v) is 7.46. The van der Waals surface area contributed by atoms with Gasteiger partial charge in [-0.2, -0.15) is 0 Å². The van der Waals surface area contributed by atoms with Crippen LogP contribution in [0.2, 0.25) is 5.02 Å². The Morgan fingerprint density at radius 1 is 1.35 bits per heavy atom. The second kappa shape index (κ2) is 5.59. The summed E-state index contributed by atoms with van der Waals surface area (Å²) in [5.74, 6) is -0.103. The van der Waals surface area contributed by atoms with Gasteiger partial charge in [-0.1, -0.05) is 54.7 Å². The molecular weight excluding hydrogens is 317 g/mol. The molecule has 1 aromatic rings. The van der Waals surface area contributed by atoms with Crippen molar-refractivity contribution in [1.82, 2.24) is 0 Å². The second-order valence-electron chi connectivity index (χ2n) is 5.73. The standard InChI is InChI=1S/C15H16Cl3NO/c1-8-4-5-9(6-11(8)16)19-14(20)13-10(7-12(17)18)15(13,2)3/h4-7,10,13H,1-3H3,(H,19,20)/t10-,13-/m0/s1. The summed E-state index contributed by atoms with van der Waals surface area (Å²) in [4.78, 5) is 12.3. The molecule has 0 heterocycles. The smallest absolute Gasteiger partial charge is 0.228 e. The minimum Gasteiger partial charge on any atom is -0.326 e. The third-order valence-electron chi connectivity index (χ3n) is 3.94. The molecule has 0 unspecified atom stereocenters. The largest absolute Gasteiger partial charge is 0.326 e. The predicted molar refractivity (Wildman–Crippen MR) is 85.4 cm³/mol. The molecule has 0 aromatic heterocycles. The fourth-order valence-electron chi connectivity index (χ4n) is 2.52. The predicted octanol–water partition coefficient (Wildman–Crippen LogP) is 5.18. The molecule has 2 nitrogen and oxygen atoms in total. The van der Waals surface area contributed by atoms with Gasteiger partial charge in [0.25, 0.3) is 0 Å². The zero-order valence-electron chi connectivity index (χ0n) is 11.5. The van der Waals surface area contributed by atoms with E-state index in [2.05, 4.69) is 5.32 Å². The summed E-state index contributed by atoms with van der Waals surface area (Å²) < 4.78 is 0.205. The van der Waals surface area contributed by atoms with Gasteiger partial charge in [-0.05, 0) is 42.0 Å². The van der Waals surface area contributed by atoms with Gasteiger partial charge in [0, 0.05) is 10.7 Å². The van der Waals surface area contributed by atoms with E-state index in [-0.39, 0.29) is 27.6 Å². The molecule has 0 saturated heterocycles. The van der Waals surface area contributed by atoms with Gasteiger partial charge in [0.15, 0.2) is 0 Å². The lowest BCUT2D eigenvalue weighted by Gasteiger charge is -2.07. The van der Waals surface area contributed by atoms with Crippen LogP contribution in [0, 0.1) is 24.2 Å². The fourth-order valence-corrected chi connectivity index (χ4v) is 2.97. The van der Waals surface area contributed by atoms with Crippen LogP contribution in [0.1, 0.15) is 19.4 Å². The Labute approximate surface area is 134 Å². The number of halogens is 3. The molecule has 5 heteroatoms. The van der Waals surface area contributed by atoms with E-state index in [0.29, 0.717) is 10.7 Å². The fraction of sp³-hybridized carbons (Fsp3) is 0.400. The highest BCUT2D eigenvalue weighted by atomic mass is 35.5. The van der Waals surface area contributed by atoms with Gasteiger partial charge in [-0.25, -0.2) is 0 Å². The van der Waals surface area contributed by atoms with E-state index >= 15 is 0 Å². The Balaban J connectivity index is 2.10. The summed E-state index contributed by atoms with van der Waals surface area (Å²) in [5, 5.41) is 3.53. The van der Waals surface area contributed by atoms with Gasteiger partial charge >= 0.3 is 0 Å². The van der Waals surface area contributed by atoms with Crippen molar-refractivity contribution in [3.63, 3.8) is 0 Å². The van der Waals surface area contributed by atoms with Crippen LogP contribution in [-0.4, -0.2) is 5.91 Å². The number of nitrogens with one attached hydrogen (secondary N) is 1. The van der Waals surface area contributed by atoms with Gasteiger partial charge in [-0.15, -0.1) is 0 Å². The maximum absolute atomic E-state index is 12.3. The minimum atomic E-state index is -0.131. The van der Waals surface area contributed by atoms with E-state index in [1.54, 1.807) is 12.1 Å². The number of benzene rings is 1. The molecule has 1 amide bonds. The Morgan fingerprint density at radius 2 is 2.00 bits per heavy atom. The van der Waals surface area contributed by atoms with E-state index < -0.39 is 0 Å². The molecule has 0 bridgehead atoms. The Bertz CT molecular complexity index is 576. The van der Waals surface area contributed by atoms with Crippen LogP contribution < -0.4 is 5.32 Å². The van der Waals surface area contributed by atoms with E-state index in [1.807, 2.05) is 32.9 Å². The van der Waals surface area contributed by atoms with E-state index in [4.69, 9.17) is 34.8 Å². The molecule has 2 rings (SSSR count). The van der Waals surface area contributed by atoms with Crippen LogP contribution in [0.5, 0.6) is 0 Å². The number of allylic oxidation sites excluding steroid dienone is 1. The van der Waals surface area contributed by atoms with Gasteiger partial charge in [0.2, 0.25) is 5.91 Å². The monoisotopic (exact) mass is 331 g/mol. The van der Waals surface area contributed by atoms with Crippen molar-refractivity contribution in [3.05, 3.63) is 39.4 Å². The molecule has 1 fully saturated rings. The van der Waals surface area contributed by atoms with Crippen molar-refractivity contribution < 1.29 is 4.79 Å². The first-order chi connectivity index (χ1) is 9.23. The van der Waals surface area contributed by atoms with Crippen LogP contribution >= 0.6 is 34.8 Å². The van der Waals surface area contributed by atoms with Crippen molar-refractivity contribution in [2.75, 3.05) is 5.32 Å². The number of carbonyl (C=O) groups is 1. The quantitative estimate of drug-likeness (QED) is 0.812. The van der Waals surface area contributed by atoms with Crippen LogP contribution in [0.4, 0.5) is 5.69 Å². The third-order valence-corrected chi connectivity index (χ3v) is 4.60. The van der Waals surface area contributed by atoms with Gasteiger partial charge in [0.1, 0.15) is 4.49 Å². The van der Waals surface area contributed by atoms with Crippen molar-refractivity contribution in [3.8, 4) is 0 Å². The molecule has 0 spiro atoms. The normalized spacial score (nSPS) is 23.1. The van der Waals surface area contributed by atoms with Crippen molar-refractivity contribution in [2.24, 2.45) is 17.3 Å². The Morgan fingerprint density at radius 3 is 2.55 bits per heavy atom. The number of amides is 1. The first-order valence-electron chi connectivity index (χ1n) is 6.33.